The van der Waals surface area contributed by atoms with Crippen molar-refractivity contribution in [3.05, 3.63) is 26.4 Å². The summed E-state index contributed by atoms with van der Waals surface area (Å²) in [5.41, 5.74) is -0.853. The highest BCUT2D eigenvalue weighted by Gasteiger charge is 2.29. The highest BCUT2D eigenvalue weighted by molar-refractivity contribution is 5.23. The van der Waals surface area contributed by atoms with Crippen molar-refractivity contribution in [1.29, 1.82) is 0 Å². The molecule has 2 heterocycles. The summed E-state index contributed by atoms with van der Waals surface area (Å²) >= 11 is 0. The SMILES string of the molecule is CCc1c(O)n(C2CCOC2C)c(=O)[nH]c1=O. The Morgan fingerprint density at radius 1 is 1.53 bits per heavy atom. The molecule has 94 valence electrons. The van der Waals surface area contributed by atoms with Gasteiger partial charge in [0.2, 0.25) is 5.88 Å². The lowest BCUT2D eigenvalue weighted by molar-refractivity contribution is 0.104. The minimum Gasteiger partial charge on any atom is -0.494 e. The zero-order chi connectivity index (χ0) is 12.6. The second-order valence-corrected chi connectivity index (χ2v) is 4.22. The van der Waals surface area contributed by atoms with Crippen LogP contribution in [0.3, 0.4) is 0 Å². The maximum Gasteiger partial charge on any atom is 0.331 e. The number of nitrogens with one attached hydrogen (secondary N) is 1. The zero-order valence-corrected chi connectivity index (χ0v) is 9.90. The first-order chi connectivity index (χ1) is 8.06. The fourth-order valence-corrected chi connectivity index (χ4v) is 2.26. The molecule has 17 heavy (non-hydrogen) atoms. The summed E-state index contributed by atoms with van der Waals surface area (Å²) in [4.78, 5) is 25.5. The Kier molecular flexibility index (Phi) is 3.06. The summed E-state index contributed by atoms with van der Waals surface area (Å²) in [6.07, 6.45) is 0.891. The molecule has 6 heteroatoms. The van der Waals surface area contributed by atoms with Crippen molar-refractivity contribution in [3.8, 4) is 5.88 Å². The van der Waals surface area contributed by atoms with E-state index in [2.05, 4.69) is 4.98 Å². The molecule has 0 radical (unpaired) electrons. The molecule has 2 atom stereocenters. The molecule has 0 bridgehead atoms. The number of rotatable bonds is 2. The van der Waals surface area contributed by atoms with Crippen LogP contribution in [-0.2, 0) is 11.2 Å². The van der Waals surface area contributed by atoms with E-state index in [9.17, 15) is 14.7 Å². The van der Waals surface area contributed by atoms with E-state index in [-0.39, 0.29) is 23.6 Å². The second kappa shape index (κ2) is 4.37. The van der Waals surface area contributed by atoms with Gasteiger partial charge in [0.25, 0.3) is 5.56 Å². The van der Waals surface area contributed by atoms with Gasteiger partial charge < -0.3 is 9.84 Å². The van der Waals surface area contributed by atoms with E-state index in [0.29, 0.717) is 19.4 Å². The van der Waals surface area contributed by atoms with Crippen LogP contribution < -0.4 is 11.2 Å². The van der Waals surface area contributed by atoms with Gasteiger partial charge in [0.1, 0.15) is 0 Å². The van der Waals surface area contributed by atoms with Crippen molar-refractivity contribution in [1.82, 2.24) is 9.55 Å². The molecule has 1 aliphatic heterocycles. The molecule has 2 N–H and O–H groups in total. The highest BCUT2D eigenvalue weighted by atomic mass is 16.5. The van der Waals surface area contributed by atoms with Gasteiger partial charge in [0.05, 0.1) is 17.7 Å². The van der Waals surface area contributed by atoms with Gasteiger partial charge in [-0.1, -0.05) is 6.92 Å². The van der Waals surface area contributed by atoms with E-state index < -0.39 is 11.2 Å². The van der Waals surface area contributed by atoms with Gasteiger partial charge in [-0.15, -0.1) is 0 Å². The van der Waals surface area contributed by atoms with Gasteiger partial charge >= 0.3 is 5.69 Å². The minimum atomic E-state index is -0.577. The molecular formula is C11H16N2O4. The number of aromatic nitrogens is 2. The molecule has 0 saturated carbocycles. The number of H-pyrrole nitrogens is 1. The maximum absolute atomic E-state index is 11.8. The molecule has 2 rings (SSSR count). The normalized spacial score (nSPS) is 24.1. The molecule has 0 aromatic carbocycles. The Balaban J connectivity index is 2.61. The minimum absolute atomic E-state index is 0.144. The molecule has 2 unspecified atom stereocenters. The van der Waals surface area contributed by atoms with Crippen LogP contribution in [0.25, 0.3) is 0 Å². The van der Waals surface area contributed by atoms with Gasteiger partial charge in [-0.2, -0.15) is 0 Å². The van der Waals surface area contributed by atoms with Crippen LogP contribution in [0, 0.1) is 0 Å². The fraction of sp³-hybridized carbons (Fsp3) is 0.636. The third-order valence-electron chi connectivity index (χ3n) is 3.23. The average molecular weight is 240 g/mol. The predicted octanol–water partition coefficient (Wildman–Crippen LogP) is 0.154. The molecule has 0 amide bonds. The molecule has 0 spiro atoms. The third-order valence-corrected chi connectivity index (χ3v) is 3.23. The fourth-order valence-electron chi connectivity index (χ4n) is 2.26. The van der Waals surface area contributed by atoms with Crippen molar-refractivity contribution < 1.29 is 9.84 Å². The Labute approximate surface area is 97.9 Å². The van der Waals surface area contributed by atoms with Crippen LogP contribution in [0.15, 0.2) is 9.59 Å². The third kappa shape index (κ3) is 1.88. The topological polar surface area (TPSA) is 84.3 Å². The maximum atomic E-state index is 11.8. The first kappa shape index (κ1) is 11.9. The van der Waals surface area contributed by atoms with Gasteiger partial charge in [0.15, 0.2) is 0 Å². The molecule has 6 nitrogen and oxygen atoms in total. The van der Waals surface area contributed by atoms with E-state index >= 15 is 0 Å². The standard InChI is InChI=1S/C11H16N2O4/c1-3-7-9(14)12-11(16)13(10(7)15)8-4-5-17-6(8)2/h6,8,15H,3-5H2,1-2H3,(H,12,14,16). The Morgan fingerprint density at radius 3 is 2.76 bits per heavy atom. The lowest BCUT2D eigenvalue weighted by atomic mass is 10.1. The summed E-state index contributed by atoms with van der Waals surface area (Å²) in [5, 5.41) is 10.0. The quantitative estimate of drug-likeness (QED) is 0.771. The summed E-state index contributed by atoms with van der Waals surface area (Å²) in [6, 6.07) is -0.218. The van der Waals surface area contributed by atoms with Crippen molar-refractivity contribution in [3.63, 3.8) is 0 Å². The Hall–Kier alpha value is -1.56. The smallest absolute Gasteiger partial charge is 0.331 e. The second-order valence-electron chi connectivity index (χ2n) is 4.22. The van der Waals surface area contributed by atoms with E-state index in [1.54, 1.807) is 6.92 Å². The van der Waals surface area contributed by atoms with Crippen LogP contribution in [0.5, 0.6) is 5.88 Å². The monoisotopic (exact) mass is 240 g/mol. The van der Waals surface area contributed by atoms with Crippen LogP contribution in [0.2, 0.25) is 0 Å². The van der Waals surface area contributed by atoms with Crippen LogP contribution in [0.4, 0.5) is 0 Å². The van der Waals surface area contributed by atoms with Crippen molar-refractivity contribution >= 4 is 0 Å². The largest absolute Gasteiger partial charge is 0.494 e. The van der Waals surface area contributed by atoms with Crippen molar-refractivity contribution in [2.45, 2.75) is 38.8 Å². The molecule has 1 fully saturated rings. The average Bonchev–Trinajstić information content (AvgIpc) is 2.65. The molecule has 0 aliphatic carbocycles. The van der Waals surface area contributed by atoms with Gasteiger partial charge in [-0.25, -0.2) is 4.79 Å². The highest BCUT2D eigenvalue weighted by Crippen LogP contribution is 2.28. The molecule has 1 aromatic rings. The lowest BCUT2D eigenvalue weighted by Crippen LogP contribution is -2.36. The van der Waals surface area contributed by atoms with E-state index in [4.69, 9.17) is 4.74 Å². The zero-order valence-electron chi connectivity index (χ0n) is 9.90. The van der Waals surface area contributed by atoms with Crippen LogP contribution in [-0.4, -0.2) is 27.4 Å². The van der Waals surface area contributed by atoms with Gasteiger partial charge in [-0.3, -0.25) is 14.3 Å². The number of ether oxygens (including phenoxy) is 1. The van der Waals surface area contributed by atoms with Crippen molar-refractivity contribution in [2.24, 2.45) is 0 Å². The van der Waals surface area contributed by atoms with Crippen LogP contribution in [0.1, 0.15) is 31.9 Å². The van der Waals surface area contributed by atoms with E-state index in [0.717, 1.165) is 0 Å². The summed E-state index contributed by atoms with van der Waals surface area (Å²) < 4.78 is 6.60. The van der Waals surface area contributed by atoms with E-state index in [1.165, 1.54) is 4.57 Å². The summed E-state index contributed by atoms with van der Waals surface area (Å²) in [7, 11) is 0. The van der Waals surface area contributed by atoms with E-state index in [1.807, 2.05) is 6.92 Å². The molecule has 1 saturated heterocycles. The van der Waals surface area contributed by atoms with Gasteiger partial charge in [0, 0.05) is 6.61 Å². The Morgan fingerprint density at radius 2 is 2.24 bits per heavy atom. The summed E-state index contributed by atoms with van der Waals surface area (Å²) in [6.45, 7) is 4.16. The first-order valence-corrected chi connectivity index (χ1v) is 5.74. The number of nitrogens with zero attached hydrogens (tertiary/aromatic N) is 1. The number of aromatic amines is 1. The number of hydrogen-bond donors (Lipinski definition) is 2. The molecule has 1 aliphatic rings. The molecule has 1 aromatic heterocycles. The number of hydrogen-bond acceptors (Lipinski definition) is 4. The predicted molar refractivity (Wildman–Crippen MR) is 61.4 cm³/mol. The van der Waals surface area contributed by atoms with Crippen molar-refractivity contribution in [2.75, 3.05) is 6.61 Å². The Bertz CT molecular complexity index is 531. The summed E-state index contributed by atoms with van der Waals surface area (Å²) in [5.74, 6) is -0.233. The first-order valence-electron chi connectivity index (χ1n) is 5.74. The molecular weight excluding hydrogens is 224 g/mol. The van der Waals surface area contributed by atoms with Gasteiger partial charge in [-0.05, 0) is 19.8 Å². The lowest BCUT2D eigenvalue weighted by Gasteiger charge is -2.19. The number of aromatic hydroxyl groups is 1. The van der Waals surface area contributed by atoms with Crippen LogP contribution >= 0.6 is 0 Å².